The molecule has 0 radical (unpaired) electrons. The number of carbonyl (C=O) groups excluding carboxylic acids is 2. The van der Waals surface area contributed by atoms with Crippen molar-refractivity contribution in [3.8, 4) is 11.5 Å². The van der Waals surface area contributed by atoms with E-state index in [0.717, 1.165) is 0 Å². The van der Waals surface area contributed by atoms with Gasteiger partial charge in [-0.25, -0.2) is 4.98 Å². The van der Waals surface area contributed by atoms with E-state index in [-0.39, 0.29) is 16.8 Å². The first-order valence-corrected chi connectivity index (χ1v) is 6.80. The molecule has 2 aromatic rings. The van der Waals surface area contributed by atoms with E-state index in [2.05, 4.69) is 25.4 Å². The van der Waals surface area contributed by atoms with Crippen LogP contribution in [0.4, 0.5) is 0 Å². The quantitative estimate of drug-likeness (QED) is 0.858. The lowest BCUT2D eigenvalue weighted by Crippen LogP contribution is -2.37. The highest BCUT2D eigenvalue weighted by molar-refractivity contribution is 8.14. The fraction of sp³-hybridized carbons (Fsp3) is 0.273. The molecule has 102 valence electrons. The van der Waals surface area contributed by atoms with Gasteiger partial charge in [-0.2, -0.15) is 4.98 Å². The van der Waals surface area contributed by atoms with Gasteiger partial charge in [-0.05, 0) is 6.42 Å². The Labute approximate surface area is 117 Å². The molecule has 3 heterocycles. The fourth-order valence-electron chi connectivity index (χ4n) is 1.68. The zero-order valence-corrected chi connectivity index (χ0v) is 11.0. The lowest BCUT2D eigenvalue weighted by Gasteiger charge is -2.06. The molecule has 0 spiro atoms. The molecule has 1 atom stereocenters. The van der Waals surface area contributed by atoms with E-state index >= 15 is 0 Å². The smallest absolute Gasteiger partial charge is 0.316 e. The number of carbonyl (C=O) groups is 2. The molecule has 0 aliphatic carbocycles. The number of rotatable bonds is 3. The van der Waals surface area contributed by atoms with Crippen molar-refractivity contribution < 1.29 is 14.1 Å². The Bertz CT molecular complexity index is 645. The van der Waals surface area contributed by atoms with Crippen LogP contribution in [-0.2, 0) is 4.79 Å². The lowest BCUT2D eigenvalue weighted by atomic mass is 10.2. The molecule has 3 rings (SSSR count). The molecule has 0 bridgehead atoms. The summed E-state index contributed by atoms with van der Waals surface area (Å²) in [7, 11) is 0. The van der Waals surface area contributed by atoms with Gasteiger partial charge < -0.3 is 9.84 Å². The number of aromatic nitrogens is 4. The van der Waals surface area contributed by atoms with E-state index in [4.69, 9.17) is 4.52 Å². The van der Waals surface area contributed by atoms with Gasteiger partial charge in [-0.1, -0.05) is 16.9 Å². The highest BCUT2D eigenvalue weighted by atomic mass is 32.2. The van der Waals surface area contributed by atoms with Crippen LogP contribution in [0.1, 0.15) is 17.1 Å². The molecular formula is C11H9N5O3S. The van der Waals surface area contributed by atoms with Crippen molar-refractivity contribution in [2.24, 2.45) is 0 Å². The summed E-state index contributed by atoms with van der Waals surface area (Å²) < 4.78 is 4.87. The van der Waals surface area contributed by atoms with Crippen molar-refractivity contribution in [1.29, 1.82) is 0 Å². The van der Waals surface area contributed by atoms with Crippen LogP contribution in [0, 0.1) is 0 Å². The van der Waals surface area contributed by atoms with Gasteiger partial charge in [-0.15, -0.1) is 0 Å². The summed E-state index contributed by atoms with van der Waals surface area (Å²) in [6.45, 7) is 0. The summed E-state index contributed by atoms with van der Waals surface area (Å²) in [6, 6.07) is -0.487. The van der Waals surface area contributed by atoms with Crippen LogP contribution in [0.2, 0.25) is 0 Å². The first-order chi connectivity index (χ1) is 9.74. The monoisotopic (exact) mass is 291 g/mol. The molecule has 1 N–H and O–H groups in total. The Morgan fingerprint density at radius 2 is 2.35 bits per heavy atom. The van der Waals surface area contributed by atoms with E-state index in [1.54, 1.807) is 0 Å². The second-order valence-corrected chi connectivity index (χ2v) is 5.10. The molecule has 1 amide bonds. The average molecular weight is 291 g/mol. The molecule has 1 aliphatic heterocycles. The van der Waals surface area contributed by atoms with Crippen molar-refractivity contribution in [2.75, 3.05) is 5.75 Å². The first kappa shape index (κ1) is 12.7. The average Bonchev–Trinajstić information content (AvgIpc) is 3.10. The molecule has 1 fully saturated rings. The maximum absolute atomic E-state index is 11.9. The van der Waals surface area contributed by atoms with Crippen LogP contribution in [0.5, 0.6) is 0 Å². The summed E-state index contributed by atoms with van der Waals surface area (Å²) in [5.41, 5.74) is 0.405. The number of hydrogen-bond acceptors (Lipinski definition) is 8. The Kier molecular flexibility index (Phi) is 3.42. The molecule has 8 nitrogen and oxygen atoms in total. The highest BCUT2D eigenvalue weighted by Gasteiger charge is 2.29. The second-order valence-electron chi connectivity index (χ2n) is 4.00. The van der Waals surface area contributed by atoms with Crippen molar-refractivity contribution in [3.05, 3.63) is 24.5 Å². The lowest BCUT2D eigenvalue weighted by molar-refractivity contribution is -0.112. The third kappa shape index (κ3) is 2.52. The van der Waals surface area contributed by atoms with Crippen molar-refractivity contribution in [3.63, 3.8) is 0 Å². The second kappa shape index (κ2) is 5.37. The van der Waals surface area contributed by atoms with Gasteiger partial charge in [0.25, 0.3) is 0 Å². The maximum atomic E-state index is 11.9. The highest BCUT2D eigenvalue weighted by Crippen LogP contribution is 2.20. The molecule has 1 aliphatic rings. The van der Waals surface area contributed by atoms with Crippen LogP contribution in [-0.4, -0.2) is 42.9 Å². The standard InChI is InChI=1S/C11H9N5O3S/c17-9(14-6-1-4-20-11(6)18)10-15-8(16-19-10)7-5-12-2-3-13-7/h2-3,5-6H,1,4H2,(H,14,17)/t6-/m0/s1. The summed E-state index contributed by atoms with van der Waals surface area (Å²) in [4.78, 5) is 35.1. The van der Waals surface area contributed by atoms with Crippen LogP contribution >= 0.6 is 11.8 Å². The van der Waals surface area contributed by atoms with Crippen molar-refractivity contribution >= 4 is 22.8 Å². The van der Waals surface area contributed by atoms with Gasteiger partial charge in [0, 0.05) is 18.1 Å². The molecular weight excluding hydrogens is 282 g/mol. The number of nitrogens with zero attached hydrogens (tertiary/aromatic N) is 4. The predicted octanol–water partition coefficient (Wildman–Crippen LogP) is 0.288. The normalized spacial score (nSPS) is 18.2. The Balaban J connectivity index is 1.73. The van der Waals surface area contributed by atoms with Crippen LogP contribution in [0.15, 0.2) is 23.1 Å². The number of nitrogens with one attached hydrogen (secondary N) is 1. The molecule has 20 heavy (non-hydrogen) atoms. The van der Waals surface area contributed by atoms with Gasteiger partial charge in [0.1, 0.15) is 5.69 Å². The van der Waals surface area contributed by atoms with Crippen LogP contribution in [0.25, 0.3) is 11.5 Å². The van der Waals surface area contributed by atoms with E-state index in [1.807, 2.05) is 0 Å². The Morgan fingerprint density at radius 1 is 1.45 bits per heavy atom. The van der Waals surface area contributed by atoms with Crippen molar-refractivity contribution in [2.45, 2.75) is 12.5 Å². The Hall–Kier alpha value is -2.29. The van der Waals surface area contributed by atoms with Gasteiger partial charge in [0.15, 0.2) is 0 Å². The zero-order valence-electron chi connectivity index (χ0n) is 10.1. The van der Waals surface area contributed by atoms with Crippen LogP contribution in [0.3, 0.4) is 0 Å². The van der Waals surface area contributed by atoms with Gasteiger partial charge in [0.2, 0.25) is 10.9 Å². The van der Waals surface area contributed by atoms with E-state index in [0.29, 0.717) is 17.9 Å². The summed E-state index contributed by atoms with van der Waals surface area (Å²) >= 11 is 1.21. The molecule has 2 aromatic heterocycles. The first-order valence-electron chi connectivity index (χ1n) is 5.81. The minimum Gasteiger partial charge on any atom is -0.337 e. The topological polar surface area (TPSA) is 111 Å². The Morgan fingerprint density at radius 3 is 3.05 bits per heavy atom. The largest absolute Gasteiger partial charge is 0.337 e. The fourth-order valence-corrected chi connectivity index (χ4v) is 2.61. The summed E-state index contributed by atoms with van der Waals surface area (Å²) in [6.07, 6.45) is 5.07. The van der Waals surface area contributed by atoms with Crippen LogP contribution < -0.4 is 5.32 Å². The van der Waals surface area contributed by atoms with E-state index in [1.165, 1.54) is 30.4 Å². The predicted molar refractivity (Wildman–Crippen MR) is 68.7 cm³/mol. The molecule has 0 unspecified atom stereocenters. The minimum absolute atomic E-state index is 0.0491. The number of hydrogen-bond donors (Lipinski definition) is 1. The van der Waals surface area contributed by atoms with E-state index in [9.17, 15) is 9.59 Å². The minimum atomic E-state index is -0.562. The van der Waals surface area contributed by atoms with Gasteiger partial charge >= 0.3 is 11.8 Å². The summed E-state index contributed by atoms with van der Waals surface area (Å²) in [5.74, 6) is 0.123. The molecule has 9 heteroatoms. The van der Waals surface area contributed by atoms with E-state index < -0.39 is 11.9 Å². The third-order valence-corrected chi connectivity index (χ3v) is 3.66. The zero-order chi connectivity index (χ0) is 13.9. The number of thioether (sulfide) groups is 1. The third-order valence-electron chi connectivity index (χ3n) is 2.65. The molecule has 1 saturated heterocycles. The maximum Gasteiger partial charge on any atom is 0.316 e. The van der Waals surface area contributed by atoms with Gasteiger partial charge in [-0.3, -0.25) is 14.6 Å². The van der Waals surface area contributed by atoms with Gasteiger partial charge in [0.05, 0.1) is 12.2 Å². The summed E-state index contributed by atoms with van der Waals surface area (Å²) in [5, 5.41) is 6.18. The molecule has 0 saturated carbocycles. The molecule has 0 aromatic carbocycles. The SMILES string of the molecule is O=C(N[C@H]1CCSC1=O)c1nc(-c2cnccn2)no1. The number of amides is 1. The van der Waals surface area contributed by atoms with Crippen molar-refractivity contribution in [1.82, 2.24) is 25.4 Å².